The molecule has 0 spiro atoms. The van der Waals surface area contributed by atoms with Crippen LogP contribution in [0.15, 0.2) is 24.3 Å². The summed E-state index contributed by atoms with van der Waals surface area (Å²) in [5, 5.41) is 9.31. The van der Waals surface area contributed by atoms with Gasteiger partial charge in [0.1, 0.15) is 12.4 Å². The van der Waals surface area contributed by atoms with Crippen LogP contribution in [0.1, 0.15) is 23.7 Å². The molecule has 0 aliphatic heterocycles. The van der Waals surface area contributed by atoms with Crippen LogP contribution in [0.5, 0.6) is 5.75 Å². The Morgan fingerprint density at radius 3 is 2.80 bits per heavy atom. The lowest BCUT2D eigenvalue weighted by Crippen LogP contribution is -2.18. The van der Waals surface area contributed by atoms with Crippen molar-refractivity contribution in [2.75, 3.05) is 6.61 Å². The third-order valence-electron chi connectivity index (χ3n) is 2.05. The van der Waals surface area contributed by atoms with Crippen molar-refractivity contribution in [1.82, 2.24) is 0 Å². The Labute approximate surface area is 88.7 Å². The molecule has 1 aromatic rings. The molecule has 0 saturated heterocycles. The summed E-state index contributed by atoms with van der Waals surface area (Å²) in [7, 11) is 0. The first-order valence-electron chi connectivity index (χ1n) is 4.84. The Hall–Kier alpha value is -1.55. The number of carbonyl (C=O) groups is 1. The number of rotatable bonds is 5. The molecule has 1 aromatic carbocycles. The van der Waals surface area contributed by atoms with Crippen LogP contribution in [-0.4, -0.2) is 23.7 Å². The largest absolute Gasteiger partial charge is 0.490 e. The summed E-state index contributed by atoms with van der Waals surface area (Å²) in [6.07, 6.45) is 0.0876. The normalized spacial score (nSPS) is 12.1. The van der Waals surface area contributed by atoms with Crippen molar-refractivity contribution < 1.29 is 14.6 Å². The molecule has 0 fully saturated rings. The van der Waals surface area contributed by atoms with Gasteiger partial charge < -0.3 is 15.6 Å². The molecule has 0 heterocycles. The number of carbonyl (C=O) groups excluding carboxylic acids is 1. The molecule has 1 amide bonds. The van der Waals surface area contributed by atoms with E-state index in [-0.39, 0.29) is 6.61 Å². The minimum absolute atomic E-state index is 0.167. The molecule has 0 bridgehead atoms. The minimum Gasteiger partial charge on any atom is -0.490 e. The van der Waals surface area contributed by atoms with Gasteiger partial charge in [-0.15, -0.1) is 0 Å². The minimum atomic E-state index is -0.531. The molecular weight excluding hydrogens is 194 g/mol. The number of amides is 1. The van der Waals surface area contributed by atoms with Crippen molar-refractivity contribution in [3.8, 4) is 5.75 Å². The molecule has 0 aliphatic carbocycles. The predicted octanol–water partition coefficient (Wildman–Crippen LogP) is 0.935. The van der Waals surface area contributed by atoms with E-state index in [1.807, 2.05) is 6.92 Å². The molecule has 1 unspecified atom stereocenters. The number of para-hydroxylation sites is 1. The number of hydrogen-bond donors (Lipinski definition) is 2. The second-order valence-electron chi connectivity index (χ2n) is 3.23. The van der Waals surface area contributed by atoms with Gasteiger partial charge in [-0.25, -0.2) is 0 Å². The highest BCUT2D eigenvalue weighted by atomic mass is 16.5. The number of aliphatic hydroxyl groups is 1. The lowest BCUT2D eigenvalue weighted by molar-refractivity contribution is 0.0957. The molecule has 1 atom stereocenters. The van der Waals surface area contributed by atoms with Crippen LogP contribution >= 0.6 is 0 Å². The molecule has 1 rings (SSSR count). The van der Waals surface area contributed by atoms with Gasteiger partial charge in [0.05, 0.1) is 11.7 Å². The highest BCUT2D eigenvalue weighted by Crippen LogP contribution is 2.17. The fraction of sp³-hybridized carbons (Fsp3) is 0.364. The fourth-order valence-corrected chi connectivity index (χ4v) is 1.10. The van der Waals surface area contributed by atoms with Gasteiger partial charge in [-0.2, -0.15) is 0 Å². The smallest absolute Gasteiger partial charge is 0.252 e. The van der Waals surface area contributed by atoms with Gasteiger partial charge in [0.25, 0.3) is 5.91 Å². The standard InChI is InChI=1S/C11H15NO3/c1-2-8(13)7-15-10-6-4-3-5-9(10)11(12)14/h3-6,8,13H,2,7H2,1H3,(H2,12,14). The molecule has 4 heteroatoms. The van der Waals surface area contributed by atoms with Crippen molar-refractivity contribution in [3.05, 3.63) is 29.8 Å². The van der Waals surface area contributed by atoms with Crippen LogP contribution in [0.25, 0.3) is 0 Å². The highest BCUT2D eigenvalue weighted by molar-refractivity contribution is 5.95. The van der Waals surface area contributed by atoms with Gasteiger partial charge in [-0.1, -0.05) is 19.1 Å². The maximum atomic E-state index is 11.0. The van der Waals surface area contributed by atoms with E-state index < -0.39 is 12.0 Å². The second-order valence-corrected chi connectivity index (χ2v) is 3.23. The van der Waals surface area contributed by atoms with Gasteiger partial charge in [0.15, 0.2) is 0 Å². The average Bonchev–Trinajstić information content (AvgIpc) is 2.26. The monoisotopic (exact) mass is 209 g/mol. The van der Waals surface area contributed by atoms with E-state index in [1.165, 1.54) is 0 Å². The van der Waals surface area contributed by atoms with Crippen LogP contribution in [0.2, 0.25) is 0 Å². The highest BCUT2D eigenvalue weighted by Gasteiger charge is 2.09. The molecule has 0 saturated carbocycles. The van der Waals surface area contributed by atoms with E-state index in [2.05, 4.69) is 0 Å². The van der Waals surface area contributed by atoms with Gasteiger partial charge in [0.2, 0.25) is 0 Å². The lowest BCUT2D eigenvalue weighted by Gasteiger charge is -2.12. The van der Waals surface area contributed by atoms with Gasteiger partial charge >= 0.3 is 0 Å². The van der Waals surface area contributed by atoms with E-state index >= 15 is 0 Å². The number of hydrogen-bond acceptors (Lipinski definition) is 3. The molecule has 0 aromatic heterocycles. The summed E-state index contributed by atoms with van der Waals surface area (Å²) < 4.78 is 5.30. The average molecular weight is 209 g/mol. The molecule has 15 heavy (non-hydrogen) atoms. The zero-order valence-corrected chi connectivity index (χ0v) is 8.64. The molecule has 0 radical (unpaired) electrons. The Morgan fingerprint density at radius 1 is 1.53 bits per heavy atom. The van der Waals surface area contributed by atoms with Crippen molar-refractivity contribution in [2.24, 2.45) is 5.73 Å². The van der Waals surface area contributed by atoms with E-state index in [0.717, 1.165) is 0 Å². The Kier molecular flexibility index (Phi) is 4.12. The van der Waals surface area contributed by atoms with Gasteiger partial charge in [0, 0.05) is 0 Å². The summed E-state index contributed by atoms with van der Waals surface area (Å²) in [6, 6.07) is 6.71. The Morgan fingerprint density at radius 2 is 2.20 bits per heavy atom. The van der Waals surface area contributed by atoms with Crippen molar-refractivity contribution in [2.45, 2.75) is 19.4 Å². The second kappa shape index (κ2) is 5.36. The first kappa shape index (κ1) is 11.5. The van der Waals surface area contributed by atoms with Crippen LogP contribution < -0.4 is 10.5 Å². The van der Waals surface area contributed by atoms with E-state index in [4.69, 9.17) is 10.5 Å². The summed E-state index contributed by atoms with van der Waals surface area (Å²) in [4.78, 5) is 11.0. The molecule has 0 aliphatic rings. The quantitative estimate of drug-likeness (QED) is 0.757. The number of aliphatic hydroxyl groups excluding tert-OH is 1. The zero-order chi connectivity index (χ0) is 11.3. The first-order chi connectivity index (χ1) is 7.15. The number of benzene rings is 1. The number of nitrogens with two attached hydrogens (primary N) is 1. The third-order valence-corrected chi connectivity index (χ3v) is 2.05. The van der Waals surface area contributed by atoms with E-state index in [9.17, 15) is 9.90 Å². The first-order valence-corrected chi connectivity index (χ1v) is 4.84. The number of ether oxygens (including phenoxy) is 1. The topological polar surface area (TPSA) is 72.6 Å². The fourth-order valence-electron chi connectivity index (χ4n) is 1.10. The maximum absolute atomic E-state index is 11.0. The SMILES string of the molecule is CCC(O)COc1ccccc1C(N)=O. The predicted molar refractivity (Wildman–Crippen MR) is 56.8 cm³/mol. The van der Waals surface area contributed by atoms with Crippen LogP contribution in [-0.2, 0) is 0 Å². The molecule has 82 valence electrons. The van der Waals surface area contributed by atoms with Gasteiger partial charge in [-0.05, 0) is 18.6 Å². The summed E-state index contributed by atoms with van der Waals surface area (Å²) in [6.45, 7) is 2.02. The Bertz CT molecular complexity index is 338. The van der Waals surface area contributed by atoms with Crippen LogP contribution in [0.3, 0.4) is 0 Å². The Balaban J connectivity index is 2.72. The lowest BCUT2D eigenvalue weighted by atomic mass is 10.2. The van der Waals surface area contributed by atoms with E-state index in [1.54, 1.807) is 24.3 Å². The number of primary amides is 1. The molecular formula is C11H15NO3. The van der Waals surface area contributed by atoms with Gasteiger partial charge in [-0.3, -0.25) is 4.79 Å². The summed E-state index contributed by atoms with van der Waals surface area (Å²) in [5.74, 6) is -0.117. The van der Waals surface area contributed by atoms with Crippen LogP contribution in [0.4, 0.5) is 0 Å². The molecule has 4 nitrogen and oxygen atoms in total. The molecule has 3 N–H and O–H groups in total. The maximum Gasteiger partial charge on any atom is 0.252 e. The van der Waals surface area contributed by atoms with E-state index in [0.29, 0.717) is 17.7 Å². The summed E-state index contributed by atoms with van der Waals surface area (Å²) in [5.41, 5.74) is 5.51. The van der Waals surface area contributed by atoms with Crippen molar-refractivity contribution in [1.29, 1.82) is 0 Å². The van der Waals surface area contributed by atoms with Crippen molar-refractivity contribution >= 4 is 5.91 Å². The van der Waals surface area contributed by atoms with Crippen molar-refractivity contribution in [3.63, 3.8) is 0 Å². The van der Waals surface area contributed by atoms with Crippen LogP contribution in [0, 0.1) is 0 Å². The summed E-state index contributed by atoms with van der Waals surface area (Å²) >= 11 is 0. The third kappa shape index (κ3) is 3.25. The zero-order valence-electron chi connectivity index (χ0n) is 8.64.